The zero-order valence-corrected chi connectivity index (χ0v) is 13.9. The average molecular weight is 374 g/mol. The lowest BCUT2D eigenvalue weighted by molar-refractivity contribution is 0.102. The van der Waals surface area contributed by atoms with Gasteiger partial charge in [0.2, 0.25) is 5.13 Å². The highest BCUT2D eigenvalue weighted by Gasteiger charge is 2.10. The van der Waals surface area contributed by atoms with Crippen LogP contribution in [0.25, 0.3) is 0 Å². The van der Waals surface area contributed by atoms with Gasteiger partial charge in [-0.25, -0.2) is 0 Å². The van der Waals surface area contributed by atoms with Gasteiger partial charge in [-0.15, -0.1) is 10.2 Å². The number of anilines is 1. The summed E-state index contributed by atoms with van der Waals surface area (Å²) in [6.07, 6.45) is 0.714. The van der Waals surface area contributed by atoms with Gasteiger partial charge in [0.05, 0.1) is 0 Å². The van der Waals surface area contributed by atoms with Crippen molar-refractivity contribution in [2.75, 3.05) is 5.32 Å². The summed E-state index contributed by atoms with van der Waals surface area (Å²) in [6.45, 7) is 0. The number of halogens is 1. The fourth-order valence-corrected chi connectivity index (χ4v) is 3.11. The molecular formula is C16H12BrN3OS. The van der Waals surface area contributed by atoms with Crippen LogP contribution in [0.5, 0.6) is 0 Å². The highest BCUT2D eigenvalue weighted by Crippen LogP contribution is 2.20. The molecule has 2 aromatic carbocycles. The van der Waals surface area contributed by atoms with Gasteiger partial charge >= 0.3 is 0 Å². The molecule has 6 heteroatoms. The smallest absolute Gasteiger partial charge is 0.257 e. The van der Waals surface area contributed by atoms with Crippen molar-refractivity contribution >= 4 is 38.3 Å². The lowest BCUT2D eigenvalue weighted by atomic mass is 10.2. The normalized spacial score (nSPS) is 10.4. The number of nitrogens with zero attached hydrogens (tertiary/aromatic N) is 2. The maximum Gasteiger partial charge on any atom is 0.257 e. The van der Waals surface area contributed by atoms with Gasteiger partial charge < -0.3 is 0 Å². The van der Waals surface area contributed by atoms with Crippen molar-refractivity contribution in [2.45, 2.75) is 6.42 Å². The minimum absolute atomic E-state index is 0.191. The molecule has 0 aliphatic rings. The van der Waals surface area contributed by atoms with E-state index in [9.17, 15) is 4.79 Å². The third-order valence-corrected chi connectivity index (χ3v) is 4.30. The van der Waals surface area contributed by atoms with Crippen LogP contribution in [0.2, 0.25) is 0 Å². The summed E-state index contributed by atoms with van der Waals surface area (Å²) in [5.74, 6) is -0.191. The van der Waals surface area contributed by atoms with E-state index >= 15 is 0 Å². The van der Waals surface area contributed by atoms with Crippen LogP contribution >= 0.6 is 27.3 Å². The summed E-state index contributed by atoms with van der Waals surface area (Å²) in [5.41, 5.74) is 1.75. The Morgan fingerprint density at radius 3 is 2.68 bits per heavy atom. The van der Waals surface area contributed by atoms with Crippen molar-refractivity contribution in [3.8, 4) is 0 Å². The predicted octanol–water partition coefficient (Wildman–Crippen LogP) is 4.14. The SMILES string of the molecule is O=C(Nc1nnc(Cc2ccccc2)s1)c1cccc(Br)c1. The van der Waals surface area contributed by atoms with E-state index in [1.54, 1.807) is 12.1 Å². The summed E-state index contributed by atoms with van der Waals surface area (Å²) < 4.78 is 0.863. The van der Waals surface area contributed by atoms with E-state index in [1.165, 1.54) is 16.9 Å². The second-order valence-electron chi connectivity index (χ2n) is 4.63. The molecule has 4 nitrogen and oxygen atoms in total. The molecular weight excluding hydrogens is 362 g/mol. The van der Waals surface area contributed by atoms with Crippen molar-refractivity contribution < 1.29 is 4.79 Å². The van der Waals surface area contributed by atoms with Crippen molar-refractivity contribution in [1.29, 1.82) is 0 Å². The van der Waals surface area contributed by atoms with Gasteiger partial charge in [-0.3, -0.25) is 10.1 Å². The molecule has 1 aromatic heterocycles. The summed E-state index contributed by atoms with van der Waals surface area (Å²) >= 11 is 4.74. The molecule has 3 rings (SSSR count). The van der Waals surface area contributed by atoms with Gasteiger partial charge in [-0.2, -0.15) is 0 Å². The van der Waals surface area contributed by atoms with E-state index < -0.39 is 0 Å². The number of aromatic nitrogens is 2. The number of benzene rings is 2. The molecule has 0 aliphatic carbocycles. The average Bonchev–Trinajstić information content (AvgIpc) is 2.95. The number of rotatable bonds is 4. The van der Waals surface area contributed by atoms with Crippen LogP contribution in [-0.4, -0.2) is 16.1 Å². The predicted molar refractivity (Wildman–Crippen MR) is 91.3 cm³/mol. The molecule has 22 heavy (non-hydrogen) atoms. The van der Waals surface area contributed by atoms with Crippen LogP contribution in [0, 0.1) is 0 Å². The summed E-state index contributed by atoms with van der Waals surface area (Å²) in [5, 5.41) is 12.3. The molecule has 0 fully saturated rings. The van der Waals surface area contributed by atoms with E-state index in [-0.39, 0.29) is 5.91 Å². The highest BCUT2D eigenvalue weighted by atomic mass is 79.9. The van der Waals surface area contributed by atoms with E-state index in [1.807, 2.05) is 42.5 Å². The minimum Gasteiger partial charge on any atom is -0.296 e. The monoisotopic (exact) mass is 373 g/mol. The Hall–Kier alpha value is -2.05. The molecule has 0 aliphatic heterocycles. The molecule has 0 unspecified atom stereocenters. The van der Waals surface area contributed by atoms with Gasteiger partial charge in [0.15, 0.2) is 0 Å². The largest absolute Gasteiger partial charge is 0.296 e. The molecule has 3 aromatic rings. The molecule has 0 atom stereocenters. The highest BCUT2D eigenvalue weighted by molar-refractivity contribution is 9.10. The van der Waals surface area contributed by atoms with Crippen molar-refractivity contribution in [2.24, 2.45) is 0 Å². The van der Waals surface area contributed by atoms with Gasteiger partial charge in [0, 0.05) is 16.5 Å². The number of carbonyl (C=O) groups is 1. The quantitative estimate of drug-likeness (QED) is 0.747. The molecule has 0 saturated heterocycles. The van der Waals surface area contributed by atoms with Crippen molar-refractivity contribution in [3.05, 3.63) is 75.2 Å². The first kappa shape index (κ1) is 14.9. The number of hydrogen-bond acceptors (Lipinski definition) is 4. The fourth-order valence-electron chi connectivity index (χ4n) is 1.95. The van der Waals surface area contributed by atoms with E-state index in [2.05, 4.69) is 31.4 Å². The van der Waals surface area contributed by atoms with Crippen LogP contribution in [0.4, 0.5) is 5.13 Å². The van der Waals surface area contributed by atoms with Gasteiger partial charge in [-0.1, -0.05) is 63.7 Å². The van der Waals surface area contributed by atoms with E-state index in [4.69, 9.17) is 0 Å². The first-order valence-electron chi connectivity index (χ1n) is 6.64. The summed E-state index contributed by atoms with van der Waals surface area (Å²) in [6, 6.07) is 17.3. The third kappa shape index (κ3) is 3.78. The number of hydrogen-bond donors (Lipinski definition) is 1. The Morgan fingerprint density at radius 1 is 1.09 bits per heavy atom. The van der Waals surface area contributed by atoms with Crippen LogP contribution in [0.1, 0.15) is 20.9 Å². The molecule has 1 amide bonds. The topological polar surface area (TPSA) is 54.9 Å². The lowest BCUT2D eigenvalue weighted by Crippen LogP contribution is -2.11. The van der Waals surface area contributed by atoms with Crippen LogP contribution in [0.15, 0.2) is 59.1 Å². The molecule has 0 bridgehead atoms. The Balaban J connectivity index is 1.68. The zero-order valence-electron chi connectivity index (χ0n) is 11.5. The third-order valence-electron chi connectivity index (χ3n) is 2.97. The van der Waals surface area contributed by atoms with Crippen molar-refractivity contribution in [3.63, 3.8) is 0 Å². The Kier molecular flexibility index (Phi) is 4.60. The van der Waals surface area contributed by atoms with Crippen LogP contribution in [-0.2, 0) is 6.42 Å². The Bertz CT molecular complexity index is 789. The van der Waals surface area contributed by atoms with Crippen LogP contribution in [0.3, 0.4) is 0 Å². The van der Waals surface area contributed by atoms with Gasteiger partial charge in [0.1, 0.15) is 5.01 Å². The number of nitrogens with one attached hydrogen (secondary N) is 1. The molecule has 1 heterocycles. The first-order chi connectivity index (χ1) is 10.7. The molecule has 0 spiro atoms. The first-order valence-corrected chi connectivity index (χ1v) is 8.25. The maximum absolute atomic E-state index is 12.1. The van der Waals surface area contributed by atoms with Crippen molar-refractivity contribution in [1.82, 2.24) is 10.2 Å². The van der Waals surface area contributed by atoms with E-state index in [0.717, 1.165) is 9.48 Å². The Morgan fingerprint density at radius 2 is 1.91 bits per heavy atom. The standard InChI is InChI=1S/C16H12BrN3OS/c17-13-8-4-7-12(10-13)15(21)18-16-20-19-14(22-16)9-11-5-2-1-3-6-11/h1-8,10H,9H2,(H,18,20,21). The van der Waals surface area contributed by atoms with Crippen LogP contribution < -0.4 is 5.32 Å². The van der Waals surface area contributed by atoms with Gasteiger partial charge in [-0.05, 0) is 23.8 Å². The molecule has 1 N–H and O–H groups in total. The lowest BCUT2D eigenvalue weighted by Gasteiger charge is -2.01. The second kappa shape index (κ2) is 6.81. The minimum atomic E-state index is -0.191. The second-order valence-corrected chi connectivity index (χ2v) is 6.61. The molecule has 0 saturated carbocycles. The van der Waals surface area contributed by atoms with Gasteiger partial charge in [0.25, 0.3) is 5.91 Å². The summed E-state index contributed by atoms with van der Waals surface area (Å²) in [7, 11) is 0. The number of carbonyl (C=O) groups excluding carboxylic acids is 1. The Labute approximate surface area is 140 Å². The van der Waals surface area contributed by atoms with E-state index in [0.29, 0.717) is 17.1 Å². The molecule has 110 valence electrons. The molecule has 0 radical (unpaired) electrons. The maximum atomic E-state index is 12.1. The summed E-state index contributed by atoms with van der Waals surface area (Å²) in [4.78, 5) is 12.1. The fraction of sp³-hybridized carbons (Fsp3) is 0.0625. The number of amides is 1. The zero-order chi connectivity index (χ0) is 15.4.